The number of carbonyl (C=O) groups excluding carboxylic acids is 2. The Balaban J connectivity index is 1.77. The lowest BCUT2D eigenvalue weighted by Crippen LogP contribution is -2.36. The van der Waals surface area contributed by atoms with E-state index >= 15 is 0 Å². The van der Waals surface area contributed by atoms with E-state index in [0.717, 1.165) is 11.8 Å². The summed E-state index contributed by atoms with van der Waals surface area (Å²) in [7, 11) is 4.55. The molecule has 0 bridgehead atoms. The molecule has 33 heavy (non-hydrogen) atoms. The first-order chi connectivity index (χ1) is 15.9. The zero-order chi connectivity index (χ0) is 24.0. The van der Waals surface area contributed by atoms with Gasteiger partial charge in [0.25, 0.3) is 5.91 Å². The molecule has 1 saturated heterocycles. The minimum atomic E-state index is -0.382. The minimum Gasteiger partial charge on any atom is -0.493 e. The van der Waals surface area contributed by atoms with Crippen LogP contribution in [0, 0.1) is 0 Å². The third-order valence-electron chi connectivity index (χ3n) is 4.62. The summed E-state index contributed by atoms with van der Waals surface area (Å²) in [6.07, 6.45) is 1.67. The van der Waals surface area contributed by atoms with Gasteiger partial charge in [-0.2, -0.15) is 0 Å². The van der Waals surface area contributed by atoms with Gasteiger partial charge in [0.1, 0.15) is 16.6 Å². The number of nitrogens with zero attached hydrogens (tertiary/aromatic N) is 1. The van der Waals surface area contributed by atoms with E-state index in [4.69, 9.17) is 31.2 Å². The second-order valence-corrected chi connectivity index (χ2v) is 8.38. The van der Waals surface area contributed by atoms with Gasteiger partial charge in [-0.3, -0.25) is 14.5 Å². The fourth-order valence-electron chi connectivity index (χ4n) is 3.16. The Kier molecular flexibility index (Phi) is 8.18. The van der Waals surface area contributed by atoms with E-state index in [1.54, 1.807) is 36.4 Å². The van der Waals surface area contributed by atoms with Crippen LogP contribution in [0.2, 0.25) is 0 Å². The van der Waals surface area contributed by atoms with Gasteiger partial charge in [-0.05, 0) is 42.8 Å². The molecule has 1 aliphatic heterocycles. The molecule has 0 saturated carbocycles. The van der Waals surface area contributed by atoms with Gasteiger partial charge in [0, 0.05) is 0 Å². The highest BCUT2D eigenvalue weighted by molar-refractivity contribution is 8.26. The van der Waals surface area contributed by atoms with Gasteiger partial charge in [0.05, 0.1) is 38.5 Å². The molecule has 0 spiro atoms. The number of carbonyl (C=O) groups is 2. The summed E-state index contributed by atoms with van der Waals surface area (Å²) in [5.41, 5.74) is 1.20. The topological polar surface area (TPSA) is 86.3 Å². The van der Waals surface area contributed by atoms with Crippen molar-refractivity contribution in [1.29, 1.82) is 0 Å². The van der Waals surface area contributed by atoms with Crippen LogP contribution in [0.3, 0.4) is 0 Å². The second kappa shape index (κ2) is 11.1. The number of nitrogens with one attached hydrogen (secondary N) is 1. The van der Waals surface area contributed by atoms with E-state index in [2.05, 4.69) is 5.32 Å². The highest BCUT2D eigenvalue weighted by Gasteiger charge is 2.33. The van der Waals surface area contributed by atoms with Crippen LogP contribution in [-0.2, 0) is 9.59 Å². The molecule has 1 heterocycles. The Morgan fingerprint density at radius 2 is 1.76 bits per heavy atom. The molecular formula is C23H24N2O6S2. The predicted octanol–water partition coefficient (Wildman–Crippen LogP) is 3.95. The summed E-state index contributed by atoms with van der Waals surface area (Å²) < 4.78 is 21.9. The van der Waals surface area contributed by atoms with Gasteiger partial charge < -0.3 is 24.3 Å². The quantitative estimate of drug-likeness (QED) is 0.420. The number of ether oxygens (including phenoxy) is 4. The molecule has 0 atom stereocenters. The van der Waals surface area contributed by atoms with Crippen molar-refractivity contribution in [2.24, 2.45) is 0 Å². The fourth-order valence-corrected chi connectivity index (χ4v) is 4.41. The van der Waals surface area contributed by atoms with E-state index in [0.29, 0.717) is 50.1 Å². The third-order valence-corrected chi connectivity index (χ3v) is 6.00. The number of thioether (sulfide) groups is 1. The lowest BCUT2D eigenvalue weighted by molar-refractivity contribution is -0.126. The highest BCUT2D eigenvalue weighted by atomic mass is 32.2. The number of anilines is 1. The maximum atomic E-state index is 13.0. The van der Waals surface area contributed by atoms with E-state index in [-0.39, 0.29) is 18.4 Å². The summed E-state index contributed by atoms with van der Waals surface area (Å²) in [6.45, 7) is 2.12. The third kappa shape index (κ3) is 5.58. The number of benzene rings is 2. The lowest BCUT2D eigenvalue weighted by atomic mass is 10.1. The van der Waals surface area contributed by atoms with Gasteiger partial charge in [0.15, 0.2) is 11.5 Å². The van der Waals surface area contributed by atoms with Gasteiger partial charge >= 0.3 is 0 Å². The van der Waals surface area contributed by atoms with Crippen molar-refractivity contribution >= 4 is 51.9 Å². The van der Waals surface area contributed by atoms with Crippen molar-refractivity contribution in [2.75, 3.05) is 39.8 Å². The Bertz CT molecular complexity index is 1080. The maximum Gasteiger partial charge on any atom is 0.266 e. The van der Waals surface area contributed by atoms with Crippen LogP contribution < -0.4 is 24.3 Å². The van der Waals surface area contributed by atoms with Crippen LogP contribution in [0.15, 0.2) is 41.3 Å². The normalized spacial score (nSPS) is 14.4. The van der Waals surface area contributed by atoms with Crippen LogP contribution in [0.5, 0.6) is 23.0 Å². The molecule has 1 N–H and O–H groups in total. The molecule has 174 valence electrons. The van der Waals surface area contributed by atoms with Crippen LogP contribution in [0.25, 0.3) is 6.08 Å². The number of thiocarbonyl (C=S) groups is 1. The SMILES string of the molecule is CCOc1ccccc1NC(=O)CN1C(=O)/C(=C/c2cc(OC)c(OC)c(OC)c2)SC1=S. The van der Waals surface area contributed by atoms with Crippen molar-refractivity contribution in [2.45, 2.75) is 6.92 Å². The fraction of sp³-hybridized carbons (Fsp3) is 0.261. The first kappa shape index (κ1) is 24.4. The number of para-hydroxylation sites is 2. The van der Waals surface area contributed by atoms with Crippen LogP contribution in [0.1, 0.15) is 12.5 Å². The summed E-state index contributed by atoms with van der Waals surface area (Å²) in [5.74, 6) is 1.20. The minimum absolute atomic E-state index is 0.211. The summed E-state index contributed by atoms with van der Waals surface area (Å²) in [4.78, 5) is 27.2. The van der Waals surface area contributed by atoms with Gasteiger partial charge in [-0.15, -0.1) is 0 Å². The van der Waals surface area contributed by atoms with E-state index in [1.807, 2.05) is 13.0 Å². The number of hydrogen-bond donors (Lipinski definition) is 1. The first-order valence-corrected chi connectivity index (χ1v) is 11.2. The van der Waals surface area contributed by atoms with Gasteiger partial charge in [-0.25, -0.2) is 0 Å². The Hall–Kier alpha value is -3.24. The van der Waals surface area contributed by atoms with Crippen molar-refractivity contribution in [1.82, 2.24) is 4.90 Å². The first-order valence-electron chi connectivity index (χ1n) is 9.98. The molecule has 2 aromatic carbocycles. The number of hydrogen-bond acceptors (Lipinski definition) is 8. The zero-order valence-corrected chi connectivity index (χ0v) is 20.3. The van der Waals surface area contributed by atoms with Gasteiger partial charge in [0.2, 0.25) is 11.7 Å². The second-order valence-electron chi connectivity index (χ2n) is 6.70. The number of rotatable bonds is 9. The molecule has 1 fully saturated rings. The number of methoxy groups -OCH3 is 3. The van der Waals surface area contributed by atoms with E-state index < -0.39 is 0 Å². The maximum absolute atomic E-state index is 13.0. The van der Waals surface area contributed by atoms with Crippen molar-refractivity contribution in [3.63, 3.8) is 0 Å². The summed E-state index contributed by atoms with van der Waals surface area (Å²) in [5, 5.41) is 2.78. The Morgan fingerprint density at radius 1 is 1.09 bits per heavy atom. The molecule has 3 rings (SSSR count). The molecule has 0 aromatic heterocycles. The van der Waals surface area contributed by atoms with Crippen LogP contribution in [-0.4, -0.2) is 55.5 Å². The van der Waals surface area contributed by atoms with Crippen LogP contribution >= 0.6 is 24.0 Å². The molecule has 10 heteroatoms. The molecule has 1 aliphatic rings. The molecule has 0 aliphatic carbocycles. The van der Waals surface area contributed by atoms with Crippen molar-refractivity contribution in [3.8, 4) is 23.0 Å². The molecule has 2 aromatic rings. The Morgan fingerprint density at radius 3 is 2.36 bits per heavy atom. The monoisotopic (exact) mass is 488 g/mol. The average Bonchev–Trinajstić information content (AvgIpc) is 3.06. The average molecular weight is 489 g/mol. The largest absolute Gasteiger partial charge is 0.493 e. The zero-order valence-electron chi connectivity index (χ0n) is 18.7. The molecular weight excluding hydrogens is 464 g/mol. The molecule has 2 amide bonds. The summed E-state index contributed by atoms with van der Waals surface area (Å²) in [6, 6.07) is 10.6. The smallest absolute Gasteiger partial charge is 0.266 e. The Labute approximate surface area is 201 Å². The lowest BCUT2D eigenvalue weighted by Gasteiger charge is -2.16. The van der Waals surface area contributed by atoms with E-state index in [9.17, 15) is 9.59 Å². The number of amides is 2. The van der Waals surface area contributed by atoms with E-state index in [1.165, 1.54) is 26.2 Å². The highest BCUT2D eigenvalue weighted by Crippen LogP contribution is 2.40. The summed E-state index contributed by atoms with van der Waals surface area (Å²) >= 11 is 6.48. The standard InChI is InChI=1S/C23H24N2O6S2/c1-5-31-16-9-7-6-8-15(16)24-20(26)13-25-22(27)19(33-23(25)32)12-14-10-17(28-2)21(30-4)18(11-14)29-3/h6-12H,5,13H2,1-4H3,(H,24,26)/b19-12-. The van der Waals surface area contributed by atoms with Crippen LogP contribution in [0.4, 0.5) is 5.69 Å². The van der Waals surface area contributed by atoms with Crippen molar-refractivity contribution in [3.05, 3.63) is 46.9 Å². The molecule has 8 nitrogen and oxygen atoms in total. The van der Waals surface area contributed by atoms with Crippen molar-refractivity contribution < 1.29 is 28.5 Å². The van der Waals surface area contributed by atoms with Gasteiger partial charge in [-0.1, -0.05) is 36.1 Å². The predicted molar refractivity (Wildman–Crippen MR) is 132 cm³/mol. The molecule has 0 unspecified atom stereocenters. The molecule has 0 radical (unpaired) electrons.